The maximum Gasteiger partial charge on any atom is 0.254 e. The number of furan rings is 1. The second kappa shape index (κ2) is 5.83. The third-order valence-electron chi connectivity index (χ3n) is 3.76. The van der Waals surface area contributed by atoms with Gasteiger partial charge in [0, 0.05) is 25.9 Å². The van der Waals surface area contributed by atoms with Gasteiger partial charge in [-0.25, -0.2) is 0 Å². The van der Waals surface area contributed by atoms with Crippen LogP contribution in [-0.4, -0.2) is 41.6 Å². The number of aromatic nitrogens is 1. The minimum absolute atomic E-state index is 0.259. The Hall–Kier alpha value is -1.92. The number of pyridine rings is 1. The van der Waals surface area contributed by atoms with Gasteiger partial charge in [0.2, 0.25) is 0 Å². The fourth-order valence-electron chi connectivity index (χ4n) is 2.86. The van der Waals surface area contributed by atoms with Crippen LogP contribution in [0.4, 0.5) is 0 Å². The second-order valence-electron chi connectivity index (χ2n) is 5.22. The van der Waals surface area contributed by atoms with Gasteiger partial charge in [0.25, 0.3) is 5.91 Å². The summed E-state index contributed by atoms with van der Waals surface area (Å²) in [6.45, 7) is 5.04. The van der Waals surface area contributed by atoms with E-state index in [1.165, 1.54) is 0 Å². The zero-order valence-corrected chi connectivity index (χ0v) is 12.0. The summed E-state index contributed by atoms with van der Waals surface area (Å²) in [4.78, 5) is 18.1. The van der Waals surface area contributed by atoms with Crippen LogP contribution >= 0.6 is 0 Å². The first-order valence-electron chi connectivity index (χ1n) is 7.19. The highest BCUT2D eigenvalue weighted by molar-refractivity contribution is 6.04. The molecule has 1 aliphatic heterocycles. The molecule has 1 fully saturated rings. The van der Waals surface area contributed by atoms with E-state index < -0.39 is 5.91 Å². The van der Waals surface area contributed by atoms with Crippen molar-refractivity contribution in [1.29, 1.82) is 0 Å². The largest absolute Gasteiger partial charge is 0.457 e. The lowest BCUT2D eigenvalue weighted by molar-refractivity contribution is 0.0677. The Morgan fingerprint density at radius 2 is 2.48 bits per heavy atom. The van der Waals surface area contributed by atoms with Crippen molar-refractivity contribution in [1.82, 2.24) is 9.88 Å². The molecule has 1 unspecified atom stereocenters. The minimum Gasteiger partial charge on any atom is -0.457 e. The lowest BCUT2D eigenvalue weighted by atomic mass is 10.2. The van der Waals surface area contributed by atoms with Crippen molar-refractivity contribution in [2.45, 2.75) is 26.0 Å². The summed E-state index contributed by atoms with van der Waals surface area (Å²) in [5.41, 5.74) is 7.03. The number of carbonyl (C=O) groups is 1. The quantitative estimate of drug-likeness (QED) is 0.903. The number of hydrogen-bond donors (Lipinski definition) is 1. The molecule has 0 bridgehead atoms. The summed E-state index contributed by atoms with van der Waals surface area (Å²) in [6, 6.07) is 3.58. The van der Waals surface area contributed by atoms with Crippen LogP contribution in [0.25, 0.3) is 11.1 Å². The molecule has 3 heterocycles. The topological polar surface area (TPSA) is 81.6 Å². The Morgan fingerprint density at radius 1 is 1.62 bits per heavy atom. The van der Waals surface area contributed by atoms with E-state index in [9.17, 15) is 4.79 Å². The van der Waals surface area contributed by atoms with Crippen molar-refractivity contribution in [3.05, 3.63) is 29.7 Å². The van der Waals surface area contributed by atoms with E-state index in [0.717, 1.165) is 26.1 Å². The van der Waals surface area contributed by atoms with Gasteiger partial charge in [0.15, 0.2) is 5.58 Å². The summed E-state index contributed by atoms with van der Waals surface area (Å²) in [5, 5.41) is 0. The van der Waals surface area contributed by atoms with E-state index in [1.807, 2.05) is 6.92 Å². The molecular weight excluding hydrogens is 270 g/mol. The Kier molecular flexibility index (Phi) is 3.90. The van der Waals surface area contributed by atoms with Crippen molar-refractivity contribution in [3.8, 4) is 0 Å². The second-order valence-corrected chi connectivity index (χ2v) is 5.22. The summed E-state index contributed by atoms with van der Waals surface area (Å²) in [6.07, 6.45) is 2.89. The van der Waals surface area contributed by atoms with Crippen molar-refractivity contribution in [3.63, 3.8) is 0 Å². The molecule has 0 aliphatic carbocycles. The molecule has 1 aliphatic rings. The first-order valence-corrected chi connectivity index (χ1v) is 7.19. The molecule has 112 valence electrons. The van der Waals surface area contributed by atoms with E-state index in [1.54, 1.807) is 18.3 Å². The lowest BCUT2D eigenvalue weighted by Gasteiger charge is -2.14. The van der Waals surface area contributed by atoms with Crippen LogP contribution < -0.4 is 5.73 Å². The molecule has 2 N–H and O–H groups in total. The fourth-order valence-corrected chi connectivity index (χ4v) is 2.86. The molecule has 0 spiro atoms. The predicted molar refractivity (Wildman–Crippen MR) is 77.8 cm³/mol. The average molecular weight is 289 g/mol. The van der Waals surface area contributed by atoms with E-state index in [4.69, 9.17) is 14.9 Å². The van der Waals surface area contributed by atoms with Crippen molar-refractivity contribution in [2.24, 2.45) is 5.73 Å². The van der Waals surface area contributed by atoms with Crippen LogP contribution in [0.5, 0.6) is 0 Å². The number of nitrogens with two attached hydrogens (primary N) is 1. The maximum atomic E-state index is 11.7. The molecule has 2 aromatic heterocycles. The van der Waals surface area contributed by atoms with E-state index in [-0.39, 0.29) is 6.10 Å². The van der Waals surface area contributed by atoms with Gasteiger partial charge >= 0.3 is 0 Å². The van der Waals surface area contributed by atoms with E-state index >= 15 is 0 Å². The smallest absolute Gasteiger partial charge is 0.254 e. The molecule has 0 radical (unpaired) electrons. The zero-order valence-electron chi connectivity index (χ0n) is 12.0. The SMILES string of the molecule is CCOC1CCN(Cc2oc3cccnc3c2C(N)=O)C1. The molecular formula is C15H19N3O3. The molecule has 0 saturated carbocycles. The Balaban J connectivity index is 1.84. The van der Waals surface area contributed by atoms with Gasteiger partial charge in [-0.05, 0) is 25.5 Å². The van der Waals surface area contributed by atoms with Gasteiger partial charge in [-0.2, -0.15) is 0 Å². The molecule has 1 atom stereocenters. The number of primary amides is 1. The number of nitrogens with zero attached hydrogens (tertiary/aromatic N) is 2. The number of hydrogen-bond acceptors (Lipinski definition) is 5. The molecule has 6 heteroatoms. The van der Waals surface area contributed by atoms with Crippen molar-refractivity contribution >= 4 is 17.0 Å². The van der Waals surface area contributed by atoms with Gasteiger partial charge < -0.3 is 14.9 Å². The number of fused-ring (bicyclic) bond motifs is 1. The van der Waals surface area contributed by atoms with Crippen LogP contribution in [-0.2, 0) is 11.3 Å². The normalized spacial score (nSPS) is 19.4. The molecule has 2 aromatic rings. The van der Waals surface area contributed by atoms with Gasteiger partial charge in [0.1, 0.15) is 16.8 Å². The molecule has 1 saturated heterocycles. The Bertz CT molecular complexity index is 653. The van der Waals surface area contributed by atoms with Crippen LogP contribution in [0, 0.1) is 0 Å². The van der Waals surface area contributed by atoms with Gasteiger partial charge in [0.05, 0.1) is 12.6 Å². The standard InChI is InChI=1S/C15H19N3O3/c1-2-20-10-5-7-18(8-10)9-12-13(15(16)19)14-11(21-12)4-3-6-17-14/h3-4,6,10H,2,5,7-9H2,1H3,(H2,16,19). The average Bonchev–Trinajstić information content (AvgIpc) is 3.03. The first kappa shape index (κ1) is 14.0. The Morgan fingerprint density at radius 3 is 3.24 bits per heavy atom. The molecule has 6 nitrogen and oxygen atoms in total. The fraction of sp³-hybridized carbons (Fsp3) is 0.467. The van der Waals surface area contributed by atoms with E-state index in [2.05, 4.69) is 9.88 Å². The third kappa shape index (κ3) is 2.77. The van der Waals surface area contributed by atoms with Gasteiger partial charge in [-0.1, -0.05) is 0 Å². The third-order valence-corrected chi connectivity index (χ3v) is 3.76. The molecule has 1 amide bonds. The number of carbonyl (C=O) groups excluding carboxylic acids is 1. The summed E-state index contributed by atoms with van der Waals surface area (Å²) in [5.74, 6) is 0.0938. The highest BCUT2D eigenvalue weighted by atomic mass is 16.5. The van der Waals surface area contributed by atoms with Crippen LogP contribution in [0.3, 0.4) is 0 Å². The Labute approximate surface area is 122 Å². The van der Waals surface area contributed by atoms with Crippen molar-refractivity contribution in [2.75, 3.05) is 19.7 Å². The minimum atomic E-state index is -0.497. The van der Waals surface area contributed by atoms with Gasteiger partial charge in [-0.3, -0.25) is 14.7 Å². The molecule has 3 rings (SSSR count). The van der Waals surface area contributed by atoms with E-state index in [0.29, 0.717) is 29.0 Å². The summed E-state index contributed by atoms with van der Waals surface area (Å²) < 4.78 is 11.4. The van der Waals surface area contributed by atoms with Crippen LogP contribution in [0.2, 0.25) is 0 Å². The maximum absolute atomic E-state index is 11.7. The first-order chi connectivity index (χ1) is 10.2. The molecule has 21 heavy (non-hydrogen) atoms. The highest BCUT2D eigenvalue weighted by Gasteiger charge is 2.27. The summed E-state index contributed by atoms with van der Waals surface area (Å²) in [7, 11) is 0. The molecule has 0 aromatic carbocycles. The summed E-state index contributed by atoms with van der Waals surface area (Å²) >= 11 is 0. The van der Waals surface area contributed by atoms with Gasteiger partial charge in [-0.15, -0.1) is 0 Å². The predicted octanol–water partition coefficient (Wildman–Crippen LogP) is 1.54. The lowest BCUT2D eigenvalue weighted by Crippen LogP contribution is -2.24. The number of amides is 1. The van der Waals surface area contributed by atoms with Crippen molar-refractivity contribution < 1.29 is 13.9 Å². The highest BCUT2D eigenvalue weighted by Crippen LogP contribution is 2.26. The number of likely N-dealkylation sites (tertiary alicyclic amines) is 1. The van der Waals surface area contributed by atoms with Crippen LogP contribution in [0.1, 0.15) is 29.5 Å². The number of ether oxygens (including phenoxy) is 1. The number of rotatable bonds is 5. The van der Waals surface area contributed by atoms with Crippen LogP contribution in [0.15, 0.2) is 22.7 Å². The monoisotopic (exact) mass is 289 g/mol. The zero-order chi connectivity index (χ0) is 14.8.